The van der Waals surface area contributed by atoms with Gasteiger partial charge in [0.15, 0.2) is 0 Å². The third-order valence-corrected chi connectivity index (χ3v) is 4.05. The predicted octanol–water partition coefficient (Wildman–Crippen LogP) is 2.88. The SMILES string of the molecule is CN(Cc1cccc2ccccc12)CC1CCNC1. The van der Waals surface area contributed by atoms with Crippen LogP contribution in [0.1, 0.15) is 12.0 Å². The third-order valence-electron chi connectivity index (χ3n) is 4.05. The number of nitrogens with zero attached hydrogens (tertiary/aromatic N) is 1. The molecule has 2 nitrogen and oxygen atoms in total. The molecule has 1 fully saturated rings. The van der Waals surface area contributed by atoms with Crippen molar-refractivity contribution >= 4 is 10.8 Å². The molecule has 1 heterocycles. The van der Waals surface area contributed by atoms with Gasteiger partial charge in [-0.15, -0.1) is 0 Å². The molecule has 0 bridgehead atoms. The van der Waals surface area contributed by atoms with E-state index in [9.17, 15) is 0 Å². The molecule has 0 amide bonds. The zero-order valence-electron chi connectivity index (χ0n) is 11.6. The molecule has 0 saturated carbocycles. The second-order valence-corrected chi connectivity index (χ2v) is 5.69. The molecule has 19 heavy (non-hydrogen) atoms. The molecule has 2 aromatic rings. The Balaban J connectivity index is 1.73. The Kier molecular flexibility index (Phi) is 3.81. The van der Waals surface area contributed by atoms with Crippen molar-refractivity contribution in [3.63, 3.8) is 0 Å². The highest BCUT2D eigenvalue weighted by Crippen LogP contribution is 2.20. The topological polar surface area (TPSA) is 15.3 Å². The van der Waals surface area contributed by atoms with E-state index in [2.05, 4.69) is 59.7 Å². The molecular formula is C17H22N2. The van der Waals surface area contributed by atoms with E-state index in [0.717, 1.165) is 12.5 Å². The molecule has 1 saturated heterocycles. The summed E-state index contributed by atoms with van der Waals surface area (Å²) in [5, 5.41) is 6.18. The molecule has 100 valence electrons. The Labute approximate surface area is 115 Å². The van der Waals surface area contributed by atoms with E-state index < -0.39 is 0 Å². The second-order valence-electron chi connectivity index (χ2n) is 5.69. The average molecular weight is 254 g/mol. The molecule has 1 unspecified atom stereocenters. The van der Waals surface area contributed by atoms with Crippen LogP contribution in [0, 0.1) is 5.92 Å². The minimum absolute atomic E-state index is 0.819. The Bertz CT molecular complexity index is 538. The highest BCUT2D eigenvalue weighted by Gasteiger charge is 2.16. The van der Waals surface area contributed by atoms with Crippen LogP contribution in [-0.4, -0.2) is 31.6 Å². The molecule has 0 radical (unpaired) electrons. The van der Waals surface area contributed by atoms with Gasteiger partial charge >= 0.3 is 0 Å². The summed E-state index contributed by atoms with van der Waals surface area (Å²) in [4.78, 5) is 2.46. The fourth-order valence-electron chi connectivity index (χ4n) is 3.10. The lowest BCUT2D eigenvalue weighted by Crippen LogP contribution is -2.26. The maximum atomic E-state index is 3.44. The van der Waals surface area contributed by atoms with Crippen molar-refractivity contribution in [2.45, 2.75) is 13.0 Å². The lowest BCUT2D eigenvalue weighted by molar-refractivity contribution is 0.279. The summed E-state index contributed by atoms with van der Waals surface area (Å²) >= 11 is 0. The van der Waals surface area contributed by atoms with Crippen LogP contribution in [0.4, 0.5) is 0 Å². The van der Waals surface area contributed by atoms with Crippen LogP contribution in [0.25, 0.3) is 10.8 Å². The first-order chi connectivity index (χ1) is 9.33. The summed E-state index contributed by atoms with van der Waals surface area (Å²) in [7, 11) is 2.24. The number of hydrogen-bond donors (Lipinski definition) is 1. The zero-order chi connectivity index (χ0) is 13.1. The first kappa shape index (κ1) is 12.6. The third kappa shape index (κ3) is 2.96. The van der Waals surface area contributed by atoms with Gasteiger partial charge in [-0.2, -0.15) is 0 Å². The van der Waals surface area contributed by atoms with Gasteiger partial charge in [0.2, 0.25) is 0 Å². The van der Waals surface area contributed by atoms with E-state index in [1.807, 2.05) is 0 Å². The average Bonchev–Trinajstić information content (AvgIpc) is 2.92. The summed E-state index contributed by atoms with van der Waals surface area (Å²) in [5.41, 5.74) is 1.44. The van der Waals surface area contributed by atoms with Crippen molar-refractivity contribution < 1.29 is 0 Å². The highest BCUT2D eigenvalue weighted by atomic mass is 15.1. The molecule has 0 aliphatic carbocycles. The molecule has 1 N–H and O–H groups in total. The zero-order valence-corrected chi connectivity index (χ0v) is 11.6. The standard InChI is InChI=1S/C17H22N2/c1-19(12-14-9-10-18-11-14)13-16-7-4-6-15-5-2-3-8-17(15)16/h2-8,14,18H,9-13H2,1H3. The molecule has 1 aliphatic rings. The lowest BCUT2D eigenvalue weighted by Gasteiger charge is -2.21. The van der Waals surface area contributed by atoms with Crippen LogP contribution >= 0.6 is 0 Å². The Morgan fingerprint density at radius 3 is 2.84 bits per heavy atom. The molecule has 1 atom stereocenters. The number of benzene rings is 2. The number of rotatable bonds is 4. The van der Waals surface area contributed by atoms with E-state index in [4.69, 9.17) is 0 Å². The first-order valence-electron chi connectivity index (χ1n) is 7.19. The van der Waals surface area contributed by atoms with E-state index in [-0.39, 0.29) is 0 Å². The van der Waals surface area contributed by atoms with E-state index in [1.54, 1.807) is 0 Å². The minimum Gasteiger partial charge on any atom is -0.316 e. The Morgan fingerprint density at radius 2 is 2.00 bits per heavy atom. The van der Waals surface area contributed by atoms with Crippen molar-refractivity contribution in [2.75, 3.05) is 26.7 Å². The summed E-state index contributed by atoms with van der Waals surface area (Å²) in [6, 6.07) is 15.3. The van der Waals surface area contributed by atoms with Gasteiger partial charge < -0.3 is 10.2 Å². The van der Waals surface area contributed by atoms with Crippen LogP contribution in [0.2, 0.25) is 0 Å². The van der Waals surface area contributed by atoms with Gasteiger partial charge in [0, 0.05) is 13.1 Å². The Morgan fingerprint density at radius 1 is 1.16 bits per heavy atom. The van der Waals surface area contributed by atoms with E-state index in [1.165, 1.54) is 42.4 Å². The number of fused-ring (bicyclic) bond motifs is 1. The summed E-state index contributed by atoms with van der Waals surface area (Å²) in [6.45, 7) is 4.60. The highest BCUT2D eigenvalue weighted by molar-refractivity contribution is 5.85. The Hall–Kier alpha value is -1.38. The van der Waals surface area contributed by atoms with Crippen molar-refractivity contribution in [2.24, 2.45) is 5.92 Å². The van der Waals surface area contributed by atoms with Gasteiger partial charge in [-0.1, -0.05) is 42.5 Å². The van der Waals surface area contributed by atoms with Crippen LogP contribution in [0.5, 0.6) is 0 Å². The van der Waals surface area contributed by atoms with Crippen molar-refractivity contribution in [1.82, 2.24) is 10.2 Å². The minimum atomic E-state index is 0.819. The normalized spacial score (nSPS) is 19.4. The maximum absolute atomic E-state index is 3.44. The summed E-state index contributed by atoms with van der Waals surface area (Å²) < 4.78 is 0. The van der Waals surface area contributed by atoms with E-state index in [0.29, 0.717) is 0 Å². The molecule has 1 aliphatic heterocycles. The fraction of sp³-hybridized carbons (Fsp3) is 0.412. The summed E-state index contributed by atoms with van der Waals surface area (Å²) in [5.74, 6) is 0.819. The molecule has 2 heteroatoms. The summed E-state index contributed by atoms with van der Waals surface area (Å²) in [6.07, 6.45) is 1.32. The largest absolute Gasteiger partial charge is 0.316 e. The van der Waals surface area contributed by atoms with Gasteiger partial charge in [-0.05, 0) is 48.8 Å². The predicted molar refractivity (Wildman–Crippen MR) is 81.3 cm³/mol. The maximum Gasteiger partial charge on any atom is 0.0236 e. The quantitative estimate of drug-likeness (QED) is 0.902. The van der Waals surface area contributed by atoms with Crippen LogP contribution in [0.15, 0.2) is 42.5 Å². The number of nitrogens with one attached hydrogen (secondary N) is 1. The van der Waals surface area contributed by atoms with Crippen molar-refractivity contribution in [3.8, 4) is 0 Å². The molecule has 0 spiro atoms. The van der Waals surface area contributed by atoms with Gasteiger partial charge in [0.25, 0.3) is 0 Å². The molecule has 2 aromatic carbocycles. The van der Waals surface area contributed by atoms with Gasteiger partial charge in [-0.3, -0.25) is 0 Å². The van der Waals surface area contributed by atoms with Gasteiger partial charge in [0.05, 0.1) is 0 Å². The van der Waals surface area contributed by atoms with Crippen LogP contribution in [-0.2, 0) is 6.54 Å². The van der Waals surface area contributed by atoms with E-state index >= 15 is 0 Å². The van der Waals surface area contributed by atoms with Gasteiger partial charge in [-0.25, -0.2) is 0 Å². The first-order valence-corrected chi connectivity index (χ1v) is 7.19. The number of hydrogen-bond acceptors (Lipinski definition) is 2. The lowest BCUT2D eigenvalue weighted by atomic mass is 10.0. The molecule has 3 rings (SSSR count). The molecular weight excluding hydrogens is 232 g/mol. The van der Waals surface area contributed by atoms with Crippen molar-refractivity contribution in [1.29, 1.82) is 0 Å². The van der Waals surface area contributed by atoms with Crippen LogP contribution in [0.3, 0.4) is 0 Å². The fourth-order valence-corrected chi connectivity index (χ4v) is 3.10. The van der Waals surface area contributed by atoms with Crippen LogP contribution < -0.4 is 5.32 Å². The molecule has 0 aromatic heterocycles. The second kappa shape index (κ2) is 5.72. The monoisotopic (exact) mass is 254 g/mol. The smallest absolute Gasteiger partial charge is 0.0236 e. The van der Waals surface area contributed by atoms with Crippen molar-refractivity contribution in [3.05, 3.63) is 48.0 Å². The van der Waals surface area contributed by atoms with Gasteiger partial charge in [0.1, 0.15) is 0 Å².